The van der Waals surface area contributed by atoms with Gasteiger partial charge in [0.1, 0.15) is 6.61 Å². The van der Waals surface area contributed by atoms with Crippen molar-refractivity contribution in [1.29, 1.82) is 0 Å². The molecule has 5 heteroatoms. The van der Waals surface area contributed by atoms with Crippen LogP contribution < -0.4 is 4.74 Å². The van der Waals surface area contributed by atoms with Gasteiger partial charge in [0.15, 0.2) is 11.6 Å². The lowest BCUT2D eigenvalue weighted by Gasteiger charge is -2.10. The summed E-state index contributed by atoms with van der Waals surface area (Å²) >= 11 is 0. The maximum absolute atomic E-state index is 13.5. The fraction of sp³-hybridized carbons (Fsp3) is 0.500. The van der Waals surface area contributed by atoms with Crippen LogP contribution in [-0.4, -0.2) is 18.0 Å². The average Bonchev–Trinajstić information content (AvgIpc) is 2.15. The first-order valence-corrected chi connectivity index (χ1v) is 4.57. The minimum atomic E-state index is -2.61. The first kappa shape index (κ1) is 11.8. The SMILES string of the molecule is CC(C)c1nccc(OCC(F)F)c1F. The smallest absolute Gasteiger partial charge is 0.272 e. The summed E-state index contributed by atoms with van der Waals surface area (Å²) in [6, 6.07) is 1.24. The molecule has 84 valence electrons. The first-order chi connectivity index (χ1) is 7.02. The third-order valence-corrected chi connectivity index (χ3v) is 1.79. The summed E-state index contributed by atoms with van der Waals surface area (Å²) in [4.78, 5) is 3.82. The average molecular weight is 219 g/mol. The molecule has 0 N–H and O–H groups in total. The van der Waals surface area contributed by atoms with Crippen molar-refractivity contribution < 1.29 is 17.9 Å². The van der Waals surface area contributed by atoms with Gasteiger partial charge in [0.2, 0.25) is 0 Å². The van der Waals surface area contributed by atoms with Crippen LogP contribution in [0.25, 0.3) is 0 Å². The number of aromatic nitrogens is 1. The van der Waals surface area contributed by atoms with Gasteiger partial charge in [0.25, 0.3) is 6.43 Å². The highest BCUT2D eigenvalue weighted by Gasteiger charge is 2.14. The largest absolute Gasteiger partial charge is 0.484 e. The minimum Gasteiger partial charge on any atom is -0.484 e. The second-order valence-corrected chi connectivity index (χ2v) is 3.37. The van der Waals surface area contributed by atoms with E-state index in [4.69, 9.17) is 0 Å². The number of rotatable bonds is 4. The van der Waals surface area contributed by atoms with Gasteiger partial charge in [0.05, 0.1) is 5.69 Å². The van der Waals surface area contributed by atoms with Crippen LogP contribution in [0.3, 0.4) is 0 Å². The lowest BCUT2D eigenvalue weighted by atomic mass is 10.1. The molecule has 1 aromatic heterocycles. The van der Waals surface area contributed by atoms with Crippen molar-refractivity contribution in [2.75, 3.05) is 6.61 Å². The highest BCUT2D eigenvalue weighted by atomic mass is 19.3. The zero-order chi connectivity index (χ0) is 11.4. The van der Waals surface area contributed by atoms with E-state index in [1.165, 1.54) is 12.3 Å². The van der Waals surface area contributed by atoms with Gasteiger partial charge in [-0.25, -0.2) is 13.2 Å². The predicted molar refractivity (Wildman–Crippen MR) is 49.8 cm³/mol. The van der Waals surface area contributed by atoms with Gasteiger partial charge in [-0.2, -0.15) is 0 Å². The zero-order valence-corrected chi connectivity index (χ0v) is 8.51. The third kappa shape index (κ3) is 3.11. The van der Waals surface area contributed by atoms with Gasteiger partial charge in [-0.3, -0.25) is 4.98 Å². The third-order valence-electron chi connectivity index (χ3n) is 1.79. The van der Waals surface area contributed by atoms with E-state index in [-0.39, 0.29) is 17.4 Å². The maximum Gasteiger partial charge on any atom is 0.272 e. The molecule has 0 saturated heterocycles. The van der Waals surface area contributed by atoms with E-state index in [0.717, 1.165) is 0 Å². The van der Waals surface area contributed by atoms with Crippen LogP contribution in [0, 0.1) is 5.82 Å². The highest BCUT2D eigenvalue weighted by molar-refractivity contribution is 5.27. The molecular formula is C10H12F3NO. The van der Waals surface area contributed by atoms with Crippen LogP contribution in [-0.2, 0) is 0 Å². The fourth-order valence-electron chi connectivity index (χ4n) is 1.11. The molecule has 1 aromatic rings. The number of pyridine rings is 1. The summed E-state index contributed by atoms with van der Waals surface area (Å²) in [7, 11) is 0. The molecule has 0 radical (unpaired) electrons. The summed E-state index contributed by atoms with van der Waals surface area (Å²) in [6.07, 6.45) is -1.26. The molecule has 2 nitrogen and oxygen atoms in total. The topological polar surface area (TPSA) is 22.1 Å². The molecular weight excluding hydrogens is 207 g/mol. The van der Waals surface area contributed by atoms with E-state index < -0.39 is 18.8 Å². The number of ether oxygens (including phenoxy) is 1. The van der Waals surface area contributed by atoms with Crippen LogP contribution in [0.2, 0.25) is 0 Å². The predicted octanol–water partition coefficient (Wildman–Crippen LogP) is 2.99. The number of halogens is 3. The molecule has 0 aliphatic rings. The summed E-state index contributed by atoms with van der Waals surface area (Å²) < 4.78 is 41.9. The number of hydrogen-bond donors (Lipinski definition) is 0. The van der Waals surface area contributed by atoms with E-state index in [0.29, 0.717) is 0 Å². The standard InChI is InChI=1S/C10H12F3NO/c1-6(2)10-9(13)7(3-4-14-10)15-5-8(11)12/h3-4,6,8H,5H2,1-2H3. The second-order valence-electron chi connectivity index (χ2n) is 3.37. The van der Waals surface area contributed by atoms with Crippen LogP contribution in [0.4, 0.5) is 13.2 Å². The molecule has 15 heavy (non-hydrogen) atoms. The van der Waals surface area contributed by atoms with E-state index in [1.807, 2.05) is 0 Å². The van der Waals surface area contributed by atoms with Gasteiger partial charge in [-0.15, -0.1) is 0 Å². The lowest BCUT2D eigenvalue weighted by molar-refractivity contribution is 0.0797. The molecule has 0 spiro atoms. The Morgan fingerprint density at radius 3 is 2.60 bits per heavy atom. The fourth-order valence-corrected chi connectivity index (χ4v) is 1.11. The van der Waals surface area contributed by atoms with E-state index >= 15 is 0 Å². The molecule has 0 amide bonds. The molecule has 0 atom stereocenters. The molecule has 0 aromatic carbocycles. The lowest BCUT2D eigenvalue weighted by Crippen LogP contribution is -2.09. The summed E-state index contributed by atoms with van der Waals surface area (Å²) in [6.45, 7) is 2.73. The Morgan fingerprint density at radius 2 is 2.07 bits per heavy atom. The van der Waals surface area contributed by atoms with Crippen molar-refractivity contribution in [2.45, 2.75) is 26.2 Å². The normalized spacial score (nSPS) is 11.1. The summed E-state index contributed by atoms with van der Waals surface area (Å²) in [5, 5.41) is 0. The van der Waals surface area contributed by atoms with Crippen molar-refractivity contribution in [2.24, 2.45) is 0 Å². The van der Waals surface area contributed by atoms with E-state index in [2.05, 4.69) is 9.72 Å². The van der Waals surface area contributed by atoms with Gasteiger partial charge < -0.3 is 4.74 Å². The molecule has 0 unspecified atom stereocenters. The maximum atomic E-state index is 13.5. The number of nitrogens with zero attached hydrogens (tertiary/aromatic N) is 1. The van der Waals surface area contributed by atoms with Gasteiger partial charge >= 0.3 is 0 Å². The molecule has 0 saturated carbocycles. The van der Waals surface area contributed by atoms with Crippen LogP contribution in [0.5, 0.6) is 5.75 Å². The van der Waals surface area contributed by atoms with Crippen LogP contribution in [0.1, 0.15) is 25.5 Å². The molecule has 0 aliphatic heterocycles. The summed E-state index contributed by atoms with van der Waals surface area (Å²) in [5.74, 6) is -0.942. The van der Waals surface area contributed by atoms with Gasteiger partial charge in [0, 0.05) is 12.3 Å². The number of hydrogen-bond acceptors (Lipinski definition) is 2. The van der Waals surface area contributed by atoms with Crippen LogP contribution in [0.15, 0.2) is 12.3 Å². The zero-order valence-electron chi connectivity index (χ0n) is 8.51. The highest BCUT2D eigenvalue weighted by Crippen LogP contribution is 2.23. The molecule has 0 aliphatic carbocycles. The van der Waals surface area contributed by atoms with E-state index in [1.54, 1.807) is 13.8 Å². The Balaban J connectivity index is 2.85. The van der Waals surface area contributed by atoms with Gasteiger partial charge in [-0.05, 0) is 5.92 Å². The molecule has 1 rings (SSSR count). The Kier molecular flexibility index (Phi) is 3.94. The minimum absolute atomic E-state index is 0.111. The van der Waals surface area contributed by atoms with E-state index in [9.17, 15) is 13.2 Å². The Labute approximate surface area is 86.1 Å². The Morgan fingerprint density at radius 1 is 1.40 bits per heavy atom. The number of alkyl halides is 2. The monoisotopic (exact) mass is 219 g/mol. The molecule has 1 heterocycles. The van der Waals surface area contributed by atoms with Crippen molar-refractivity contribution >= 4 is 0 Å². The Bertz CT molecular complexity index is 328. The van der Waals surface area contributed by atoms with Crippen molar-refractivity contribution in [1.82, 2.24) is 4.98 Å². The second kappa shape index (κ2) is 5.00. The quantitative estimate of drug-likeness (QED) is 0.776. The molecule has 0 bridgehead atoms. The Hall–Kier alpha value is -1.26. The van der Waals surface area contributed by atoms with Crippen molar-refractivity contribution in [3.05, 3.63) is 23.8 Å². The van der Waals surface area contributed by atoms with Crippen molar-refractivity contribution in [3.8, 4) is 5.75 Å². The summed E-state index contributed by atoms with van der Waals surface area (Å²) in [5.41, 5.74) is 0.224. The van der Waals surface area contributed by atoms with Crippen molar-refractivity contribution in [3.63, 3.8) is 0 Å². The van der Waals surface area contributed by atoms with Crippen LogP contribution >= 0.6 is 0 Å². The van der Waals surface area contributed by atoms with Gasteiger partial charge in [-0.1, -0.05) is 13.8 Å². The first-order valence-electron chi connectivity index (χ1n) is 4.57. The molecule has 0 fully saturated rings.